The Hall–Kier alpha value is -2.14. The molecule has 20 heavy (non-hydrogen) atoms. The maximum atomic E-state index is 11.2. The van der Waals surface area contributed by atoms with Gasteiger partial charge in [-0.15, -0.1) is 0 Å². The van der Waals surface area contributed by atoms with Crippen molar-refractivity contribution in [3.8, 4) is 5.88 Å². The maximum absolute atomic E-state index is 11.2. The highest BCUT2D eigenvalue weighted by Gasteiger charge is 2.19. The lowest BCUT2D eigenvalue weighted by molar-refractivity contribution is 0.0242. The van der Waals surface area contributed by atoms with Crippen LogP contribution in [0.2, 0.25) is 0 Å². The number of benzene rings is 1. The molecule has 1 fully saturated rings. The predicted octanol–water partition coefficient (Wildman–Crippen LogP) is 2.49. The lowest BCUT2D eigenvalue weighted by atomic mass is 10.1. The third-order valence-electron chi connectivity index (χ3n) is 3.37. The van der Waals surface area contributed by atoms with Gasteiger partial charge in [-0.25, -0.2) is 9.78 Å². The van der Waals surface area contributed by atoms with Crippen molar-refractivity contribution in [2.24, 2.45) is 0 Å². The standard InChI is InChI=1S/C15H15NO4/c17-15(18)13-9-10-3-1-2-4-12(10)14(16-13)20-11-5-7-19-8-6-11/h1-4,9,11H,5-8H2,(H,17,18). The minimum absolute atomic E-state index is 0.00533. The molecular weight excluding hydrogens is 258 g/mol. The molecule has 1 N–H and O–H groups in total. The normalized spacial score (nSPS) is 16.2. The first kappa shape index (κ1) is 12.9. The summed E-state index contributed by atoms with van der Waals surface area (Å²) in [5.74, 6) is -0.653. The van der Waals surface area contributed by atoms with Crippen molar-refractivity contribution in [1.82, 2.24) is 4.98 Å². The molecule has 1 aliphatic heterocycles. The average molecular weight is 273 g/mol. The van der Waals surface area contributed by atoms with Crippen LogP contribution < -0.4 is 4.74 Å². The topological polar surface area (TPSA) is 68.7 Å². The Morgan fingerprint density at radius 3 is 2.80 bits per heavy atom. The molecule has 0 aliphatic carbocycles. The summed E-state index contributed by atoms with van der Waals surface area (Å²) in [6.45, 7) is 1.34. The van der Waals surface area contributed by atoms with Gasteiger partial charge in [0.1, 0.15) is 6.10 Å². The van der Waals surface area contributed by atoms with Gasteiger partial charge in [-0.1, -0.05) is 18.2 Å². The van der Waals surface area contributed by atoms with Crippen LogP contribution in [0.4, 0.5) is 0 Å². The van der Waals surface area contributed by atoms with Gasteiger partial charge >= 0.3 is 5.97 Å². The van der Waals surface area contributed by atoms with Crippen molar-refractivity contribution >= 4 is 16.7 Å². The second-order valence-electron chi connectivity index (χ2n) is 4.77. The molecule has 0 unspecified atom stereocenters. The molecule has 2 heterocycles. The van der Waals surface area contributed by atoms with E-state index < -0.39 is 5.97 Å². The van der Waals surface area contributed by atoms with Crippen molar-refractivity contribution in [3.63, 3.8) is 0 Å². The molecule has 2 aromatic rings. The number of pyridine rings is 1. The molecule has 0 spiro atoms. The van der Waals surface area contributed by atoms with Crippen molar-refractivity contribution in [1.29, 1.82) is 0 Å². The second-order valence-corrected chi connectivity index (χ2v) is 4.77. The van der Waals surface area contributed by atoms with E-state index in [4.69, 9.17) is 14.6 Å². The van der Waals surface area contributed by atoms with Crippen LogP contribution in [-0.4, -0.2) is 35.4 Å². The van der Waals surface area contributed by atoms with Crippen LogP contribution in [0.15, 0.2) is 30.3 Å². The van der Waals surface area contributed by atoms with Gasteiger partial charge in [0.2, 0.25) is 5.88 Å². The molecule has 0 saturated carbocycles. The number of aromatic carboxylic acids is 1. The Bertz CT molecular complexity index is 635. The summed E-state index contributed by atoms with van der Waals surface area (Å²) >= 11 is 0. The zero-order valence-electron chi connectivity index (χ0n) is 10.9. The van der Waals surface area contributed by atoms with Crippen LogP contribution in [-0.2, 0) is 4.74 Å². The lowest BCUT2D eigenvalue weighted by Crippen LogP contribution is -2.26. The molecular formula is C15H15NO4. The van der Waals surface area contributed by atoms with Crippen LogP contribution in [0.1, 0.15) is 23.3 Å². The molecule has 0 atom stereocenters. The lowest BCUT2D eigenvalue weighted by Gasteiger charge is -2.23. The van der Waals surface area contributed by atoms with E-state index in [2.05, 4.69) is 4.98 Å². The van der Waals surface area contributed by atoms with Crippen LogP contribution >= 0.6 is 0 Å². The third-order valence-corrected chi connectivity index (χ3v) is 3.37. The molecule has 3 rings (SSSR count). The highest BCUT2D eigenvalue weighted by molar-refractivity contribution is 5.94. The Balaban J connectivity index is 2.00. The van der Waals surface area contributed by atoms with E-state index >= 15 is 0 Å². The van der Waals surface area contributed by atoms with E-state index in [9.17, 15) is 4.79 Å². The first-order chi connectivity index (χ1) is 9.74. The van der Waals surface area contributed by atoms with Gasteiger partial charge in [0.15, 0.2) is 5.69 Å². The number of carboxylic acid groups (broad SMARTS) is 1. The van der Waals surface area contributed by atoms with E-state index in [1.807, 2.05) is 24.3 Å². The number of nitrogens with zero attached hydrogens (tertiary/aromatic N) is 1. The summed E-state index contributed by atoms with van der Waals surface area (Å²) in [6, 6.07) is 9.07. The third kappa shape index (κ3) is 2.58. The highest BCUT2D eigenvalue weighted by atomic mass is 16.5. The molecule has 1 aliphatic rings. The number of carboxylic acids is 1. The number of ether oxygens (including phenoxy) is 2. The van der Waals surface area contributed by atoms with E-state index in [1.165, 1.54) is 0 Å². The summed E-state index contributed by atoms with van der Waals surface area (Å²) in [6.07, 6.45) is 1.63. The van der Waals surface area contributed by atoms with E-state index in [0.717, 1.165) is 23.6 Å². The first-order valence-electron chi connectivity index (χ1n) is 6.61. The number of rotatable bonds is 3. The zero-order chi connectivity index (χ0) is 13.9. The maximum Gasteiger partial charge on any atom is 0.354 e. The molecule has 1 saturated heterocycles. The molecule has 0 amide bonds. The summed E-state index contributed by atoms with van der Waals surface area (Å²) in [7, 11) is 0. The predicted molar refractivity (Wildman–Crippen MR) is 73.2 cm³/mol. The largest absolute Gasteiger partial charge is 0.477 e. The zero-order valence-corrected chi connectivity index (χ0v) is 10.9. The highest BCUT2D eigenvalue weighted by Crippen LogP contribution is 2.27. The SMILES string of the molecule is O=C(O)c1cc2ccccc2c(OC2CCOCC2)n1. The monoisotopic (exact) mass is 273 g/mol. The number of fused-ring (bicyclic) bond motifs is 1. The van der Waals surface area contributed by atoms with Gasteiger partial charge in [-0.3, -0.25) is 0 Å². The first-order valence-corrected chi connectivity index (χ1v) is 6.61. The average Bonchev–Trinajstić information content (AvgIpc) is 2.48. The summed E-state index contributed by atoms with van der Waals surface area (Å²) in [5.41, 5.74) is 0.00533. The molecule has 1 aromatic heterocycles. The summed E-state index contributed by atoms with van der Waals surface area (Å²) in [4.78, 5) is 15.3. The van der Waals surface area contributed by atoms with Crippen molar-refractivity contribution in [2.45, 2.75) is 18.9 Å². The fraction of sp³-hybridized carbons (Fsp3) is 0.333. The van der Waals surface area contributed by atoms with Crippen LogP contribution in [0.25, 0.3) is 10.8 Å². The molecule has 0 radical (unpaired) electrons. The minimum atomic E-state index is -1.05. The molecule has 104 valence electrons. The van der Waals surface area contributed by atoms with Crippen molar-refractivity contribution in [3.05, 3.63) is 36.0 Å². The number of carbonyl (C=O) groups is 1. The van der Waals surface area contributed by atoms with Crippen LogP contribution in [0.3, 0.4) is 0 Å². The Morgan fingerprint density at radius 1 is 1.30 bits per heavy atom. The Kier molecular flexibility index (Phi) is 3.52. The number of hydrogen-bond acceptors (Lipinski definition) is 4. The smallest absolute Gasteiger partial charge is 0.354 e. The quantitative estimate of drug-likeness (QED) is 0.930. The van der Waals surface area contributed by atoms with Gasteiger partial charge in [-0.05, 0) is 17.5 Å². The van der Waals surface area contributed by atoms with E-state index in [1.54, 1.807) is 6.07 Å². The Morgan fingerprint density at radius 2 is 2.05 bits per heavy atom. The fourth-order valence-corrected chi connectivity index (χ4v) is 2.32. The minimum Gasteiger partial charge on any atom is -0.477 e. The molecule has 5 nitrogen and oxygen atoms in total. The van der Waals surface area contributed by atoms with Gasteiger partial charge in [0.25, 0.3) is 0 Å². The number of aromatic nitrogens is 1. The van der Waals surface area contributed by atoms with Gasteiger partial charge in [0.05, 0.1) is 13.2 Å². The van der Waals surface area contributed by atoms with Gasteiger partial charge < -0.3 is 14.6 Å². The summed E-state index contributed by atoms with van der Waals surface area (Å²) < 4.78 is 11.2. The molecule has 0 bridgehead atoms. The number of hydrogen-bond donors (Lipinski definition) is 1. The second kappa shape index (κ2) is 5.46. The van der Waals surface area contributed by atoms with E-state index in [0.29, 0.717) is 19.1 Å². The van der Waals surface area contributed by atoms with Crippen molar-refractivity contribution in [2.75, 3.05) is 13.2 Å². The van der Waals surface area contributed by atoms with Crippen molar-refractivity contribution < 1.29 is 19.4 Å². The fourth-order valence-electron chi connectivity index (χ4n) is 2.32. The van der Waals surface area contributed by atoms with Gasteiger partial charge in [-0.2, -0.15) is 0 Å². The van der Waals surface area contributed by atoms with Crippen LogP contribution in [0, 0.1) is 0 Å². The van der Waals surface area contributed by atoms with Crippen LogP contribution in [0.5, 0.6) is 5.88 Å². The molecule has 1 aromatic carbocycles. The Labute approximate surface area is 116 Å². The van der Waals surface area contributed by atoms with E-state index in [-0.39, 0.29) is 11.8 Å². The summed E-state index contributed by atoms with van der Waals surface area (Å²) in [5, 5.41) is 10.8. The molecule has 5 heteroatoms. The van der Waals surface area contributed by atoms with Gasteiger partial charge in [0, 0.05) is 18.2 Å².